The Kier molecular flexibility index (Phi) is 4.06. The molecule has 0 saturated heterocycles. The number of benzene rings is 2. The lowest BCUT2D eigenvalue weighted by molar-refractivity contribution is 0.304. The summed E-state index contributed by atoms with van der Waals surface area (Å²) in [6, 6.07) is 10.2. The van der Waals surface area contributed by atoms with E-state index in [0.29, 0.717) is 5.75 Å². The Morgan fingerprint density at radius 2 is 1.79 bits per heavy atom. The van der Waals surface area contributed by atoms with E-state index in [2.05, 4.69) is 0 Å². The Morgan fingerprint density at radius 1 is 1.11 bits per heavy atom. The van der Waals surface area contributed by atoms with Crippen LogP contribution in [0.3, 0.4) is 0 Å². The molecule has 0 aliphatic carbocycles. The molecule has 0 unspecified atom stereocenters. The zero-order valence-electron chi connectivity index (χ0n) is 9.90. The molecule has 2 nitrogen and oxygen atoms in total. The highest BCUT2D eigenvalue weighted by atomic mass is 32.1. The zero-order valence-corrected chi connectivity index (χ0v) is 10.7. The molecule has 2 aromatic carbocycles. The number of halogens is 2. The van der Waals surface area contributed by atoms with Gasteiger partial charge in [-0.15, -0.1) is 0 Å². The third-order valence-corrected chi connectivity index (χ3v) is 2.74. The minimum Gasteiger partial charge on any atom is -0.489 e. The molecule has 5 heteroatoms. The number of rotatable bonds is 4. The van der Waals surface area contributed by atoms with Crippen LogP contribution in [0, 0.1) is 11.6 Å². The van der Waals surface area contributed by atoms with E-state index in [1.807, 2.05) is 0 Å². The van der Waals surface area contributed by atoms with Gasteiger partial charge in [0.25, 0.3) is 0 Å². The van der Waals surface area contributed by atoms with Crippen LogP contribution < -0.4 is 10.5 Å². The first kappa shape index (κ1) is 13.4. The van der Waals surface area contributed by atoms with Crippen molar-refractivity contribution in [3.8, 4) is 5.75 Å². The molecule has 0 amide bonds. The van der Waals surface area contributed by atoms with Gasteiger partial charge < -0.3 is 10.5 Å². The Labute approximate surface area is 114 Å². The van der Waals surface area contributed by atoms with E-state index in [1.165, 1.54) is 24.3 Å². The van der Waals surface area contributed by atoms with Crippen LogP contribution in [-0.2, 0) is 6.61 Å². The smallest absolute Gasteiger partial charge is 0.137 e. The predicted octanol–water partition coefficient (Wildman–Crippen LogP) is 3.18. The number of hydrogen-bond acceptors (Lipinski definition) is 2. The lowest BCUT2D eigenvalue weighted by Crippen LogP contribution is -2.11. The summed E-state index contributed by atoms with van der Waals surface area (Å²) in [5.74, 6) is -0.471. The van der Waals surface area contributed by atoms with Gasteiger partial charge in [-0.25, -0.2) is 8.78 Å². The molecule has 0 bridgehead atoms. The summed E-state index contributed by atoms with van der Waals surface area (Å²) in [7, 11) is 0. The van der Waals surface area contributed by atoms with Crippen LogP contribution in [0.25, 0.3) is 0 Å². The van der Waals surface area contributed by atoms with E-state index in [0.717, 1.165) is 5.56 Å². The minimum atomic E-state index is -0.524. The maximum Gasteiger partial charge on any atom is 0.137 e. The highest BCUT2D eigenvalue weighted by Crippen LogP contribution is 2.18. The van der Waals surface area contributed by atoms with Crippen molar-refractivity contribution in [2.45, 2.75) is 6.61 Å². The van der Waals surface area contributed by atoms with Crippen LogP contribution in [0.4, 0.5) is 8.78 Å². The number of nitrogens with two attached hydrogens (primary N) is 1. The molecule has 0 spiro atoms. The molecular weight excluding hydrogens is 268 g/mol. The third kappa shape index (κ3) is 3.48. The molecule has 0 saturated carbocycles. The summed E-state index contributed by atoms with van der Waals surface area (Å²) >= 11 is 4.71. The third-order valence-electron chi connectivity index (χ3n) is 2.52. The van der Waals surface area contributed by atoms with Crippen molar-refractivity contribution in [2.24, 2.45) is 5.73 Å². The Hall–Kier alpha value is -2.01. The first-order chi connectivity index (χ1) is 9.06. The van der Waals surface area contributed by atoms with Gasteiger partial charge in [0.1, 0.15) is 29.0 Å². The maximum atomic E-state index is 13.6. The summed E-state index contributed by atoms with van der Waals surface area (Å²) in [5.41, 5.74) is 6.34. The van der Waals surface area contributed by atoms with Crippen molar-refractivity contribution in [1.82, 2.24) is 0 Å². The molecule has 0 aromatic heterocycles. The minimum absolute atomic E-state index is 0.00239. The fourth-order valence-corrected chi connectivity index (χ4v) is 1.70. The van der Waals surface area contributed by atoms with Crippen molar-refractivity contribution in [1.29, 1.82) is 0 Å². The van der Waals surface area contributed by atoms with Crippen LogP contribution in [-0.4, -0.2) is 4.99 Å². The Balaban J connectivity index is 2.06. The second kappa shape index (κ2) is 5.75. The summed E-state index contributed by atoms with van der Waals surface area (Å²) in [4.78, 5) is 0.00239. The average molecular weight is 279 g/mol. The quantitative estimate of drug-likeness (QED) is 0.873. The van der Waals surface area contributed by atoms with Crippen LogP contribution >= 0.6 is 12.2 Å². The molecule has 2 N–H and O–H groups in total. The van der Waals surface area contributed by atoms with Gasteiger partial charge in [-0.3, -0.25) is 0 Å². The predicted molar refractivity (Wildman–Crippen MR) is 73.0 cm³/mol. The highest BCUT2D eigenvalue weighted by molar-refractivity contribution is 7.80. The van der Waals surface area contributed by atoms with E-state index in [4.69, 9.17) is 22.7 Å². The molecule has 0 fully saturated rings. The Bertz CT molecular complexity index is 599. The number of hydrogen-bond donors (Lipinski definition) is 1. The van der Waals surface area contributed by atoms with Gasteiger partial charge in [0.15, 0.2) is 0 Å². The molecular formula is C14H11F2NOS. The second-order valence-electron chi connectivity index (χ2n) is 3.92. The molecule has 0 heterocycles. The molecule has 2 aromatic rings. The normalized spacial score (nSPS) is 10.2. The maximum absolute atomic E-state index is 13.6. The molecule has 0 aliphatic heterocycles. The van der Waals surface area contributed by atoms with Gasteiger partial charge >= 0.3 is 0 Å². The largest absolute Gasteiger partial charge is 0.489 e. The summed E-state index contributed by atoms with van der Waals surface area (Å²) < 4.78 is 31.7. The van der Waals surface area contributed by atoms with Gasteiger partial charge in [-0.1, -0.05) is 24.4 Å². The monoisotopic (exact) mass is 279 g/mol. The standard InChI is InChI=1S/C14H11F2NOS/c15-10-3-1-9(2-4-10)8-18-11-5-6-12(14(17)19)13(16)7-11/h1-7H,8H2,(H2,17,19). The van der Waals surface area contributed by atoms with Gasteiger partial charge in [0, 0.05) is 11.6 Å². The van der Waals surface area contributed by atoms with E-state index in [-0.39, 0.29) is 23.0 Å². The van der Waals surface area contributed by atoms with Crippen molar-refractivity contribution < 1.29 is 13.5 Å². The van der Waals surface area contributed by atoms with E-state index < -0.39 is 5.82 Å². The molecule has 0 aliphatic rings. The Morgan fingerprint density at radius 3 is 2.37 bits per heavy atom. The van der Waals surface area contributed by atoms with Gasteiger partial charge in [0.05, 0.1) is 0 Å². The van der Waals surface area contributed by atoms with Crippen molar-refractivity contribution in [3.63, 3.8) is 0 Å². The number of ether oxygens (including phenoxy) is 1. The van der Waals surface area contributed by atoms with Crippen LogP contribution in [0.5, 0.6) is 5.75 Å². The topological polar surface area (TPSA) is 35.2 Å². The van der Waals surface area contributed by atoms with Crippen LogP contribution in [0.2, 0.25) is 0 Å². The van der Waals surface area contributed by atoms with Gasteiger partial charge in [0.2, 0.25) is 0 Å². The van der Waals surface area contributed by atoms with E-state index in [9.17, 15) is 8.78 Å². The fourth-order valence-electron chi connectivity index (χ4n) is 1.53. The summed E-state index contributed by atoms with van der Waals surface area (Å²) in [6.07, 6.45) is 0. The zero-order chi connectivity index (χ0) is 13.8. The number of thiocarbonyl (C=S) groups is 1. The lowest BCUT2D eigenvalue weighted by atomic mass is 10.2. The van der Waals surface area contributed by atoms with Crippen LogP contribution in [0.15, 0.2) is 42.5 Å². The first-order valence-corrected chi connectivity index (χ1v) is 5.93. The lowest BCUT2D eigenvalue weighted by Gasteiger charge is -2.08. The second-order valence-corrected chi connectivity index (χ2v) is 4.36. The van der Waals surface area contributed by atoms with Gasteiger partial charge in [-0.2, -0.15) is 0 Å². The van der Waals surface area contributed by atoms with Crippen molar-refractivity contribution >= 4 is 17.2 Å². The average Bonchev–Trinajstić information content (AvgIpc) is 2.37. The molecule has 0 atom stereocenters. The van der Waals surface area contributed by atoms with Crippen molar-refractivity contribution in [2.75, 3.05) is 0 Å². The fraction of sp³-hybridized carbons (Fsp3) is 0.0714. The van der Waals surface area contributed by atoms with Gasteiger partial charge in [-0.05, 0) is 29.8 Å². The summed E-state index contributed by atoms with van der Waals surface area (Å²) in [5, 5.41) is 0. The SMILES string of the molecule is NC(=S)c1ccc(OCc2ccc(F)cc2)cc1F. The molecule has 98 valence electrons. The van der Waals surface area contributed by atoms with E-state index in [1.54, 1.807) is 18.2 Å². The van der Waals surface area contributed by atoms with Crippen molar-refractivity contribution in [3.05, 3.63) is 65.2 Å². The van der Waals surface area contributed by atoms with Crippen LogP contribution in [0.1, 0.15) is 11.1 Å². The molecule has 19 heavy (non-hydrogen) atoms. The summed E-state index contributed by atoms with van der Waals surface area (Å²) in [6.45, 7) is 0.228. The first-order valence-electron chi connectivity index (χ1n) is 5.53. The van der Waals surface area contributed by atoms with E-state index >= 15 is 0 Å². The molecule has 0 radical (unpaired) electrons. The highest BCUT2D eigenvalue weighted by Gasteiger charge is 2.06. The molecule has 2 rings (SSSR count).